The van der Waals surface area contributed by atoms with E-state index in [1.54, 1.807) is 19.1 Å². The smallest absolute Gasteiger partial charge is 0.307 e. The summed E-state index contributed by atoms with van der Waals surface area (Å²) in [7, 11) is 0. The van der Waals surface area contributed by atoms with Crippen molar-refractivity contribution in [3.05, 3.63) is 51.0 Å². The third-order valence-corrected chi connectivity index (χ3v) is 6.16. The second-order valence-electron chi connectivity index (χ2n) is 5.54. The van der Waals surface area contributed by atoms with E-state index in [1.165, 1.54) is 23.1 Å². The zero-order valence-corrected chi connectivity index (χ0v) is 15.1. The molecular weight excluding hydrogens is 365 g/mol. The minimum atomic E-state index is -1.11. The Hall–Kier alpha value is -2.19. The summed E-state index contributed by atoms with van der Waals surface area (Å²) in [6.45, 7) is 1.59. The van der Waals surface area contributed by atoms with Gasteiger partial charge < -0.3 is 10.2 Å². The first-order valence-electron chi connectivity index (χ1n) is 7.34. The Balaban J connectivity index is 2.01. The number of thioether (sulfide) groups is 1. The fourth-order valence-corrected chi connectivity index (χ4v) is 4.34. The molecule has 0 aromatic carbocycles. The summed E-state index contributed by atoms with van der Waals surface area (Å²) in [6, 6.07) is 3.44. The first kappa shape index (κ1) is 17.6. The summed E-state index contributed by atoms with van der Waals surface area (Å²) in [5.74, 6) is -3.26. The van der Waals surface area contributed by atoms with Crippen molar-refractivity contribution in [1.82, 2.24) is 0 Å². The molecule has 5 nitrogen and oxygen atoms in total. The van der Waals surface area contributed by atoms with Crippen LogP contribution in [-0.2, 0) is 4.79 Å². The number of carboxylic acid groups (broad SMARTS) is 1. The van der Waals surface area contributed by atoms with E-state index in [0.29, 0.717) is 10.6 Å². The predicted molar refractivity (Wildman–Crippen MR) is 95.2 cm³/mol. The van der Waals surface area contributed by atoms with Crippen molar-refractivity contribution in [2.24, 2.45) is 4.99 Å². The van der Waals surface area contributed by atoms with Crippen molar-refractivity contribution in [2.45, 2.75) is 24.0 Å². The van der Waals surface area contributed by atoms with E-state index in [-0.39, 0.29) is 35.3 Å². The first-order valence-corrected chi connectivity index (χ1v) is 9.38. The van der Waals surface area contributed by atoms with Crippen LogP contribution in [0.15, 0.2) is 55.3 Å². The van der Waals surface area contributed by atoms with Crippen molar-refractivity contribution < 1.29 is 24.2 Å². The highest BCUT2D eigenvalue weighted by Gasteiger charge is 2.36. The average Bonchev–Trinajstić information content (AvgIpc) is 3.15. The molecule has 2 heterocycles. The topological polar surface area (TPSA) is 87.0 Å². The third kappa shape index (κ3) is 3.07. The van der Waals surface area contributed by atoms with Crippen LogP contribution < -0.4 is 0 Å². The quantitative estimate of drug-likeness (QED) is 0.588. The highest BCUT2D eigenvalue weighted by Crippen LogP contribution is 2.40. The number of carbonyl (C=O) groups is 2. The molecule has 25 heavy (non-hydrogen) atoms. The Morgan fingerprint density at radius 2 is 2.12 bits per heavy atom. The molecular formula is C17H14FNO4S2. The summed E-state index contributed by atoms with van der Waals surface area (Å²) in [6.07, 6.45) is 1.47. The molecule has 0 atom stereocenters. The normalized spacial score (nSPS) is 17.2. The number of hydrogen-bond acceptors (Lipinski definition) is 6. The highest BCUT2D eigenvalue weighted by molar-refractivity contribution is 8.00. The van der Waals surface area contributed by atoms with Crippen LogP contribution in [0.4, 0.5) is 4.39 Å². The summed E-state index contributed by atoms with van der Waals surface area (Å²) in [4.78, 5) is 28.3. The van der Waals surface area contributed by atoms with Gasteiger partial charge in [0.05, 0.1) is 26.8 Å². The Morgan fingerprint density at radius 1 is 1.40 bits per heavy atom. The number of allylic oxidation sites excluding steroid dienone is 4. The van der Waals surface area contributed by atoms with Gasteiger partial charge in [-0.15, -0.1) is 23.1 Å². The number of carbonyl (C=O) groups excluding carboxylic acids is 1. The molecule has 2 aliphatic rings. The lowest BCUT2D eigenvalue weighted by molar-refractivity contribution is -0.136. The Bertz CT molecular complexity index is 921. The number of fused-ring (bicyclic) bond motifs is 1. The maximum atomic E-state index is 14.7. The van der Waals surface area contributed by atoms with Gasteiger partial charge >= 0.3 is 5.97 Å². The molecule has 0 amide bonds. The zero-order valence-electron chi connectivity index (χ0n) is 13.4. The third-order valence-electron chi connectivity index (χ3n) is 4.00. The zero-order chi connectivity index (χ0) is 18.3. The van der Waals surface area contributed by atoms with Gasteiger partial charge in [0.2, 0.25) is 5.78 Å². The standard InChI is InChI=1S/C17H14FNO4S2/c1-7-8(6-12(20)21)14-10(19-7)5-9(17(23)15(14)18)16(22)11-3-4-13(24-2)25-11/h3-4,23H,5-6H2,1-2H3,(H,20,21). The second-order valence-corrected chi connectivity index (χ2v) is 7.73. The van der Waals surface area contributed by atoms with Gasteiger partial charge in [-0.3, -0.25) is 14.6 Å². The van der Waals surface area contributed by atoms with Gasteiger partial charge in [0.1, 0.15) is 0 Å². The summed E-state index contributed by atoms with van der Waals surface area (Å²) < 4.78 is 15.7. The van der Waals surface area contributed by atoms with Crippen LogP contribution in [0, 0.1) is 0 Å². The number of aliphatic hydroxyl groups is 1. The van der Waals surface area contributed by atoms with E-state index in [9.17, 15) is 19.1 Å². The largest absolute Gasteiger partial charge is 0.505 e. The van der Waals surface area contributed by atoms with Gasteiger partial charge in [0, 0.05) is 17.7 Å². The molecule has 2 N–H and O–H groups in total. The Kier molecular flexibility index (Phi) is 4.66. The lowest BCUT2D eigenvalue weighted by Crippen LogP contribution is -2.18. The van der Waals surface area contributed by atoms with Crippen LogP contribution in [0.2, 0.25) is 0 Å². The molecule has 1 aliphatic carbocycles. The molecule has 1 aromatic rings. The van der Waals surface area contributed by atoms with E-state index >= 15 is 0 Å². The molecule has 0 bridgehead atoms. The van der Waals surface area contributed by atoms with Crippen LogP contribution >= 0.6 is 23.1 Å². The minimum Gasteiger partial charge on any atom is -0.505 e. The SMILES string of the molecule is CSc1ccc(C(=O)C2=C(O)C(F)=C3C(=NC(C)=C3CC(=O)O)C2)s1. The fourth-order valence-electron chi connectivity index (χ4n) is 2.83. The number of thiophene rings is 1. The number of Topliss-reactive ketones (excluding diaryl/α,β-unsaturated/α-hetero) is 1. The van der Waals surface area contributed by atoms with Crippen LogP contribution in [0.1, 0.15) is 29.4 Å². The monoisotopic (exact) mass is 379 g/mol. The second kappa shape index (κ2) is 6.61. The number of rotatable bonds is 5. The lowest BCUT2D eigenvalue weighted by atomic mass is 9.87. The molecule has 130 valence electrons. The predicted octanol–water partition coefficient (Wildman–Crippen LogP) is 4.30. The molecule has 3 rings (SSSR count). The van der Waals surface area contributed by atoms with Gasteiger partial charge in [-0.05, 0) is 30.9 Å². The van der Waals surface area contributed by atoms with Crippen molar-refractivity contribution in [1.29, 1.82) is 0 Å². The van der Waals surface area contributed by atoms with Gasteiger partial charge in [0.25, 0.3) is 0 Å². The van der Waals surface area contributed by atoms with Gasteiger partial charge in [-0.2, -0.15) is 0 Å². The number of aliphatic imine (C=N–C) groups is 1. The van der Waals surface area contributed by atoms with Crippen LogP contribution in [-0.4, -0.2) is 33.9 Å². The maximum Gasteiger partial charge on any atom is 0.307 e. The van der Waals surface area contributed by atoms with E-state index in [1.807, 2.05) is 6.26 Å². The molecule has 0 fully saturated rings. The fraction of sp³-hybridized carbons (Fsp3) is 0.235. The number of aliphatic carboxylic acids is 1. The van der Waals surface area contributed by atoms with E-state index in [0.717, 1.165) is 4.21 Å². The van der Waals surface area contributed by atoms with E-state index < -0.39 is 23.3 Å². The summed E-state index contributed by atoms with van der Waals surface area (Å²) >= 11 is 2.77. The molecule has 0 saturated heterocycles. The summed E-state index contributed by atoms with van der Waals surface area (Å²) in [5, 5.41) is 19.2. The summed E-state index contributed by atoms with van der Waals surface area (Å²) in [5.41, 5.74) is 0.863. The number of ketones is 1. The van der Waals surface area contributed by atoms with Crippen molar-refractivity contribution in [3.63, 3.8) is 0 Å². The number of halogens is 1. The maximum absolute atomic E-state index is 14.7. The molecule has 0 spiro atoms. The van der Waals surface area contributed by atoms with Crippen LogP contribution in [0.3, 0.4) is 0 Å². The molecule has 0 saturated carbocycles. The molecule has 8 heteroatoms. The van der Waals surface area contributed by atoms with Crippen molar-refractivity contribution in [2.75, 3.05) is 6.26 Å². The number of nitrogens with zero attached hydrogens (tertiary/aromatic N) is 1. The van der Waals surface area contributed by atoms with Gasteiger partial charge in [0.15, 0.2) is 11.6 Å². The van der Waals surface area contributed by atoms with Crippen LogP contribution in [0.25, 0.3) is 0 Å². The Labute approximate surface area is 151 Å². The average molecular weight is 379 g/mol. The molecule has 0 radical (unpaired) electrons. The van der Waals surface area contributed by atoms with E-state index in [2.05, 4.69) is 4.99 Å². The number of aliphatic hydroxyl groups excluding tert-OH is 1. The Morgan fingerprint density at radius 3 is 2.72 bits per heavy atom. The molecule has 0 unspecified atom stereocenters. The first-order chi connectivity index (χ1) is 11.8. The molecule has 1 aromatic heterocycles. The minimum absolute atomic E-state index is 0.00457. The number of carboxylic acids is 1. The molecule has 1 aliphatic heterocycles. The van der Waals surface area contributed by atoms with Crippen LogP contribution in [0.5, 0.6) is 0 Å². The van der Waals surface area contributed by atoms with E-state index in [4.69, 9.17) is 5.11 Å². The lowest BCUT2D eigenvalue weighted by Gasteiger charge is -2.18. The van der Waals surface area contributed by atoms with Gasteiger partial charge in [-0.1, -0.05) is 0 Å². The highest BCUT2D eigenvalue weighted by atomic mass is 32.2. The van der Waals surface area contributed by atoms with Crippen molar-refractivity contribution >= 4 is 40.6 Å². The van der Waals surface area contributed by atoms with Gasteiger partial charge in [-0.25, -0.2) is 4.39 Å². The van der Waals surface area contributed by atoms with Crippen molar-refractivity contribution in [3.8, 4) is 0 Å². The number of hydrogen-bond donors (Lipinski definition) is 2.